The molecule has 0 aromatic heterocycles. The van der Waals surface area contributed by atoms with Gasteiger partial charge in [0, 0.05) is 24.7 Å². The number of benzene rings is 2. The minimum Gasteiger partial charge on any atom is -0.493 e. The molecule has 0 heterocycles. The fraction of sp³-hybridized carbons (Fsp3) is 0.250. The first-order valence-corrected chi connectivity index (χ1v) is 6.75. The lowest BCUT2D eigenvalue weighted by molar-refractivity contribution is -0.385. The molecule has 2 rings (SSSR count). The Bertz CT molecular complexity index is 595. The highest BCUT2D eigenvalue weighted by Gasteiger charge is 2.11. The van der Waals surface area contributed by atoms with Crippen molar-refractivity contribution in [3.63, 3.8) is 0 Å². The van der Waals surface area contributed by atoms with E-state index in [1.807, 2.05) is 24.3 Å². The maximum absolute atomic E-state index is 10.9. The van der Waals surface area contributed by atoms with Gasteiger partial charge in [-0.3, -0.25) is 10.1 Å². The maximum atomic E-state index is 10.9. The van der Waals surface area contributed by atoms with Gasteiger partial charge in [-0.05, 0) is 24.1 Å². The van der Waals surface area contributed by atoms with E-state index in [1.54, 1.807) is 18.2 Å². The zero-order valence-corrected chi connectivity index (χ0v) is 11.6. The monoisotopic (exact) mass is 287 g/mol. The third-order valence-corrected chi connectivity index (χ3v) is 3.15. The first-order chi connectivity index (χ1) is 10.2. The van der Waals surface area contributed by atoms with Crippen molar-refractivity contribution in [2.75, 3.05) is 13.2 Å². The summed E-state index contributed by atoms with van der Waals surface area (Å²) in [5.41, 5.74) is 1.84. The summed E-state index contributed by atoms with van der Waals surface area (Å²) in [5.74, 6) is 0.718. The van der Waals surface area contributed by atoms with Crippen LogP contribution < -0.4 is 4.74 Å². The standard InChI is InChI=1S/C16H17NO4/c18-11-9-13-5-7-15(8-6-13)21-12-10-14-3-1-2-4-16(14)17(19)20/h1-8,18H,9-12H2. The van der Waals surface area contributed by atoms with E-state index in [1.165, 1.54) is 6.07 Å². The molecule has 0 aliphatic heterocycles. The molecule has 110 valence electrons. The van der Waals surface area contributed by atoms with Crippen LogP contribution in [-0.4, -0.2) is 23.2 Å². The van der Waals surface area contributed by atoms with E-state index in [-0.39, 0.29) is 17.2 Å². The third-order valence-electron chi connectivity index (χ3n) is 3.15. The van der Waals surface area contributed by atoms with Gasteiger partial charge in [-0.15, -0.1) is 0 Å². The first kappa shape index (κ1) is 15.0. The average Bonchev–Trinajstić information content (AvgIpc) is 2.50. The lowest BCUT2D eigenvalue weighted by Gasteiger charge is -2.07. The van der Waals surface area contributed by atoms with Crippen LogP contribution in [0.4, 0.5) is 5.69 Å². The van der Waals surface area contributed by atoms with E-state index in [4.69, 9.17) is 9.84 Å². The predicted octanol–water partition coefficient (Wildman–Crippen LogP) is 2.75. The minimum atomic E-state index is -0.376. The minimum absolute atomic E-state index is 0.123. The molecule has 0 saturated carbocycles. The highest BCUT2D eigenvalue weighted by molar-refractivity contribution is 5.40. The van der Waals surface area contributed by atoms with E-state index in [0.717, 1.165) is 11.3 Å². The molecular weight excluding hydrogens is 270 g/mol. The van der Waals surface area contributed by atoms with Gasteiger partial charge < -0.3 is 9.84 Å². The number of rotatable bonds is 7. The highest BCUT2D eigenvalue weighted by atomic mass is 16.6. The number of nitrogens with zero attached hydrogens (tertiary/aromatic N) is 1. The zero-order chi connectivity index (χ0) is 15.1. The zero-order valence-electron chi connectivity index (χ0n) is 11.6. The van der Waals surface area contributed by atoms with E-state index in [0.29, 0.717) is 25.0 Å². The molecule has 0 fully saturated rings. The lowest BCUT2D eigenvalue weighted by atomic mass is 10.1. The smallest absolute Gasteiger partial charge is 0.272 e. The number of nitro groups is 1. The summed E-state index contributed by atoms with van der Waals surface area (Å²) in [6, 6.07) is 14.2. The van der Waals surface area contributed by atoms with Crippen LogP contribution in [0, 0.1) is 10.1 Å². The van der Waals surface area contributed by atoms with Crippen molar-refractivity contribution >= 4 is 5.69 Å². The fourth-order valence-corrected chi connectivity index (χ4v) is 2.06. The quantitative estimate of drug-likeness (QED) is 0.627. The maximum Gasteiger partial charge on any atom is 0.272 e. The number of hydrogen-bond donors (Lipinski definition) is 1. The molecule has 0 amide bonds. The first-order valence-electron chi connectivity index (χ1n) is 6.75. The van der Waals surface area contributed by atoms with Gasteiger partial charge in [0.15, 0.2) is 0 Å². The topological polar surface area (TPSA) is 72.6 Å². The van der Waals surface area contributed by atoms with E-state index in [9.17, 15) is 10.1 Å². The van der Waals surface area contributed by atoms with Crippen LogP contribution in [-0.2, 0) is 12.8 Å². The molecule has 0 aliphatic carbocycles. The van der Waals surface area contributed by atoms with E-state index in [2.05, 4.69) is 0 Å². The molecule has 0 spiro atoms. The molecule has 2 aromatic rings. The van der Waals surface area contributed by atoms with Gasteiger partial charge in [0.25, 0.3) is 5.69 Å². The van der Waals surface area contributed by atoms with Crippen molar-refractivity contribution < 1.29 is 14.8 Å². The van der Waals surface area contributed by atoms with Gasteiger partial charge in [0.05, 0.1) is 11.5 Å². The van der Waals surface area contributed by atoms with Crippen LogP contribution in [0.2, 0.25) is 0 Å². The second-order valence-electron chi connectivity index (χ2n) is 4.60. The van der Waals surface area contributed by atoms with Crippen LogP contribution in [0.5, 0.6) is 5.75 Å². The number of hydrogen-bond acceptors (Lipinski definition) is 4. The van der Waals surface area contributed by atoms with Crippen LogP contribution in [0.1, 0.15) is 11.1 Å². The van der Waals surface area contributed by atoms with Crippen molar-refractivity contribution in [3.8, 4) is 5.75 Å². The van der Waals surface area contributed by atoms with Crippen LogP contribution >= 0.6 is 0 Å². The average molecular weight is 287 g/mol. The molecule has 0 atom stereocenters. The van der Waals surface area contributed by atoms with Gasteiger partial charge >= 0.3 is 0 Å². The van der Waals surface area contributed by atoms with Crippen molar-refractivity contribution in [2.45, 2.75) is 12.8 Å². The summed E-state index contributed by atoms with van der Waals surface area (Å²) >= 11 is 0. The van der Waals surface area contributed by atoms with Gasteiger partial charge in [-0.25, -0.2) is 0 Å². The second-order valence-corrected chi connectivity index (χ2v) is 4.60. The number of aliphatic hydroxyl groups excluding tert-OH is 1. The molecule has 0 bridgehead atoms. The summed E-state index contributed by atoms with van der Waals surface area (Å²) in [6.07, 6.45) is 1.10. The molecule has 0 saturated heterocycles. The SMILES string of the molecule is O=[N+]([O-])c1ccccc1CCOc1ccc(CCO)cc1. The van der Waals surface area contributed by atoms with Crippen molar-refractivity contribution in [2.24, 2.45) is 0 Å². The second kappa shape index (κ2) is 7.40. The highest BCUT2D eigenvalue weighted by Crippen LogP contribution is 2.19. The molecule has 1 N–H and O–H groups in total. The number of nitro benzene ring substituents is 1. The number of ether oxygens (including phenoxy) is 1. The van der Waals surface area contributed by atoms with Crippen molar-refractivity contribution in [1.82, 2.24) is 0 Å². The molecule has 0 unspecified atom stereocenters. The van der Waals surface area contributed by atoms with Crippen molar-refractivity contribution in [1.29, 1.82) is 0 Å². The third kappa shape index (κ3) is 4.29. The summed E-state index contributed by atoms with van der Waals surface area (Å²) in [4.78, 5) is 10.5. The molecule has 0 aliphatic rings. The molecule has 0 radical (unpaired) electrons. The molecule has 5 nitrogen and oxygen atoms in total. The summed E-state index contributed by atoms with van der Waals surface area (Å²) in [5, 5.41) is 19.7. The van der Waals surface area contributed by atoms with Crippen LogP contribution in [0.15, 0.2) is 48.5 Å². The van der Waals surface area contributed by atoms with Gasteiger partial charge in [0.1, 0.15) is 5.75 Å². The van der Waals surface area contributed by atoms with Crippen LogP contribution in [0.25, 0.3) is 0 Å². The number of para-hydroxylation sites is 1. The van der Waals surface area contributed by atoms with Crippen molar-refractivity contribution in [3.05, 3.63) is 69.8 Å². The van der Waals surface area contributed by atoms with Gasteiger partial charge in [-0.1, -0.05) is 30.3 Å². The van der Waals surface area contributed by atoms with Gasteiger partial charge in [-0.2, -0.15) is 0 Å². The Morgan fingerprint density at radius 2 is 1.76 bits per heavy atom. The Balaban J connectivity index is 1.91. The Kier molecular flexibility index (Phi) is 5.29. The summed E-state index contributed by atoms with van der Waals surface area (Å²) < 4.78 is 5.59. The molecule has 21 heavy (non-hydrogen) atoms. The Morgan fingerprint density at radius 3 is 2.43 bits per heavy atom. The molecular formula is C16H17NO4. The lowest BCUT2D eigenvalue weighted by Crippen LogP contribution is -2.04. The largest absolute Gasteiger partial charge is 0.493 e. The molecule has 5 heteroatoms. The fourth-order valence-electron chi connectivity index (χ4n) is 2.06. The number of aliphatic hydroxyl groups is 1. The van der Waals surface area contributed by atoms with Gasteiger partial charge in [0.2, 0.25) is 0 Å². The Labute approximate surface area is 123 Å². The Hall–Kier alpha value is -2.40. The van der Waals surface area contributed by atoms with E-state index < -0.39 is 0 Å². The predicted molar refractivity (Wildman–Crippen MR) is 79.5 cm³/mol. The van der Waals surface area contributed by atoms with E-state index >= 15 is 0 Å². The normalized spacial score (nSPS) is 10.3. The summed E-state index contributed by atoms with van der Waals surface area (Å²) in [7, 11) is 0. The van der Waals surface area contributed by atoms with Crippen LogP contribution in [0.3, 0.4) is 0 Å². The molecule has 2 aromatic carbocycles. The Morgan fingerprint density at radius 1 is 1.05 bits per heavy atom. The summed E-state index contributed by atoms with van der Waals surface area (Å²) in [6.45, 7) is 0.502.